The summed E-state index contributed by atoms with van der Waals surface area (Å²) in [6, 6.07) is -1.45. The average molecular weight is 269 g/mol. The van der Waals surface area contributed by atoms with Gasteiger partial charge in [0.05, 0.1) is 19.4 Å². The first-order valence-corrected chi connectivity index (χ1v) is 6.46. The van der Waals surface area contributed by atoms with E-state index in [1.54, 1.807) is 0 Å². The summed E-state index contributed by atoms with van der Waals surface area (Å²) in [6.07, 6.45) is 0.179. The van der Waals surface area contributed by atoms with E-state index in [9.17, 15) is 9.36 Å². The van der Waals surface area contributed by atoms with Crippen LogP contribution in [0.25, 0.3) is 0 Å². The van der Waals surface area contributed by atoms with Crippen LogP contribution < -0.4 is 5.73 Å². The molecule has 0 aliphatic carbocycles. The van der Waals surface area contributed by atoms with Crippen molar-refractivity contribution >= 4 is 13.6 Å². The normalized spacial score (nSPS) is 15.1. The monoisotopic (exact) mass is 269 g/mol. The molecule has 0 saturated carbocycles. The molecule has 1 unspecified atom stereocenters. The Morgan fingerprint density at radius 3 is 2.06 bits per heavy atom. The molecule has 0 aliphatic rings. The highest BCUT2D eigenvalue weighted by Crippen LogP contribution is 2.38. The molecule has 9 heteroatoms. The predicted octanol–water partition coefficient (Wildman–Crippen LogP) is -1.90. The molecule has 0 saturated heterocycles. The van der Waals surface area contributed by atoms with Crippen LogP contribution in [0.1, 0.15) is 0 Å². The number of aliphatic carboxylic acids is 1. The molecule has 17 heavy (non-hydrogen) atoms. The number of carbonyl (C=O) groups is 1. The summed E-state index contributed by atoms with van der Waals surface area (Å²) in [5, 5.41) is 26.4. The highest BCUT2D eigenvalue weighted by atomic mass is 31.2. The molecule has 100 valence electrons. The molecule has 0 aromatic heterocycles. The number of hydrogen-bond acceptors (Lipinski definition) is 5. The van der Waals surface area contributed by atoms with Crippen molar-refractivity contribution in [3.8, 4) is 0 Å². The van der Waals surface area contributed by atoms with Crippen molar-refractivity contribution in [2.45, 2.75) is 6.04 Å². The maximum absolute atomic E-state index is 10.8. The van der Waals surface area contributed by atoms with Crippen LogP contribution in [0, 0.1) is 5.92 Å². The molecule has 0 fully saturated rings. The Balaban J connectivity index is 5.09. The van der Waals surface area contributed by atoms with Crippen molar-refractivity contribution in [2.75, 3.05) is 19.4 Å². The molecule has 1 atom stereocenters. The van der Waals surface area contributed by atoms with E-state index < -0.39 is 44.9 Å². The number of nitrogens with two attached hydrogens (primary N) is 1. The van der Waals surface area contributed by atoms with E-state index in [0.29, 0.717) is 0 Å². The second-order valence-corrected chi connectivity index (χ2v) is 5.14. The summed E-state index contributed by atoms with van der Waals surface area (Å²) in [6.45, 7) is -1.12. The Bertz CT molecular complexity index is 333. The highest BCUT2D eigenvalue weighted by Gasteiger charge is 2.23. The molecule has 0 bridgehead atoms. The third-order valence-corrected chi connectivity index (χ3v) is 2.81. The van der Waals surface area contributed by atoms with Gasteiger partial charge in [0.15, 0.2) is 0 Å². The lowest BCUT2D eigenvalue weighted by Gasteiger charge is -2.17. The summed E-state index contributed by atoms with van der Waals surface area (Å²) in [4.78, 5) is 28.1. The molecule has 8 nitrogen and oxygen atoms in total. The lowest BCUT2D eigenvalue weighted by Crippen LogP contribution is -2.30. The third-order valence-electron chi connectivity index (χ3n) is 2.03. The molecule has 7 N–H and O–H groups in total. The number of carboxylic acids is 1. The summed E-state index contributed by atoms with van der Waals surface area (Å²) >= 11 is 0. The summed E-state index contributed by atoms with van der Waals surface area (Å²) in [5.74, 6) is -2.31. The van der Waals surface area contributed by atoms with E-state index in [-0.39, 0.29) is 5.57 Å². The predicted molar refractivity (Wildman–Crippen MR) is 58.3 cm³/mol. The molecule has 0 amide bonds. The third kappa shape index (κ3) is 6.52. The summed E-state index contributed by atoms with van der Waals surface area (Å²) in [7, 11) is -4.43. The van der Waals surface area contributed by atoms with Crippen molar-refractivity contribution in [2.24, 2.45) is 11.7 Å². The van der Waals surface area contributed by atoms with Crippen molar-refractivity contribution < 1.29 is 34.5 Å². The van der Waals surface area contributed by atoms with Gasteiger partial charge in [-0.25, -0.2) is 0 Å². The number of rotatable bonds is 7. The Hall–Kier alpha value is -0.760. The van der Waals surface area contributed by atoms with Gasteiger partial charge in [0, 0.05) is 5.92 Å². The summed E-state index contributed by atoms with van der Waals surface area (Å²) in [5.41, 5.74) is 5.12. The van der Waals surface area contributed by atoms with Gasteiger partial charge < -0.3 is 30.8 Å². The van der Waals surface area contributed by atoms with E-state index in [0.717, 1.165) is 6.08 Å². The van der Waals surface area contributed by atoms with E-state index >= 15 is 0 Å². The van der Waals surface area contributed by atoms with Gasteiger partial charge in [-0.05, 0) is 0 Å². The number of hydrogen-bond donors (Lipinski definition) is 6. The maximum Gasteiger partial charge on any atom is 0.329 e. The smallest absolute Gasteiger partial charge is 0.329 e. The molecule has 0 rings (SSSR count). The van der Waals surface area contributed by atoms with E-state index in [1.807, 2.05) is 0 Å². The van der Waals surface area contributed by atoms with Crippen LogP contribution in [0.4, 0.5) is 0 Å². The zero-order valence-corrected chi connectivity index (χ0v) is 9.82. The first-order chi connectivity index (χ1) is 7.71. The van der Waals surface area contributed by atoms with Gasteiger partial charge in [0.1, 0.15) is 6.04 Å². The fraction of sp³-hybridized carbons (Fsp3) is 0.625. The lowest BCUT2D eigenvalue weighted by atomic mass is 10.0. The minimum absolute atomic E-state index is 0.0711. The Morgan fingerprint density at radius 1 is 1.29 bits per heavy atom. The SMILES string of the molecule is NC(C=C(CP(=O)(O)O)C(CO)CO)C(=O)O. The highest BCUT2D eigenvalue weighted by molar-refractivity contribution is 7.52. The number of carboxylic acid groups (broad SMARTS) is 1. The second kappa shape index (κ2) is 6.85. The second-order valence-electron chi connectivity index (χ2n) is 3.49. The van der Waals surface area contributed by atoms with Gasteiger partial charge in [-0.15, -0.1) is 0 Å². The van der Waals surface area contributed by atoms with Gasteiger partial charge in [-0.1, -0.05) is 11.6 Å². The molecule has 0 spiro atoms. The molecule has 0 heterocycles. The Kier molecular flexibility index (Phi) is 6.54. The summed E-state index contributed by atoms with van der Waals surface area (Å²) < 4.78 is 10.8. The zero-order valence-electron chi connectivity index (χ0n) is 8.93. The van der Waals surface area contributed by atoms with Crippen molar-refractivity contribution in [1.29, 1.82) is 0 Å². The standard InChI is InChI=1S/C8H16NO7P/c9-7(8(12)13)1-5(4-17(14,15)16)6(2-10)3-11/h1,6-7,10-11H,2-4,9H2,(H,12,13)(H2,14,15,16). The fourth-order valence-electron chi connectivity index (χ4n) is 1.15. The quantitative estimate of drug-likeness (QED) is 0.231. The molecule has 0 aliphatic heterocycles. The largest absolute Gasteiger partial charge is 0.480 e. The lowest BCUT2D eigenvalue weighted by molar-refractivity contribution is -0.137. The molecule has 0 aromatic rings. The van der Waals surface area contributed by atoms with Crippen molar-refractivity contribution in [1.82, 2.24) is 0 Å². The van der Waals surface area contributed by atoms with Crippen LogP contribution >= 0.6 is 7.60 Å². The first-order valence-electron chi connectivity index (χ1n) is 4.66. The van der Waals surface area contributed by atoms with Crippen LogP contribution in [0.2, 0.25) is 0 Å². The van der Waals surface area contributed by atoms with Crippen LogP contribution in [0.5, 0.6) is 0 Å². The topological polar surface area (TPSA) is 161 Å². The van der Waals surface area contributed by atoms with Gasteiger partial charge in [0.2, 0.25) is 0 Å². The van der Waals surface area contributed by atoms with E-state index in [4.69, 9.17) is 30.8 Å². The number of aliphatic hydroxyl groups excluding tert-OH is 2. The van der Waals surface area contributed by atoms with Gasteiger partial charge in [0.25, 0.3) is 0 Å². The van der Waals surface area contributed by atoms with Crippen molar-refractivity contribution in [3.05, 3.63) is 11.6 Å². The van der Waals surface area contributed by atoms with Crippen LogP contribution in [-0.4, -0.2) is 56.5 Å². The minimum atomic E-state index is -4.43. The Labute approximate surface area is 97.5 Å². The van der Waals surface area contributed by atoms with Gasteiger partial charge in [-0.2, -0.15) is 0 Å². The molecular weight excluding hydrogens is 253 g/mol. The molecule has 0 aromatic carbocycles. The zero-order chi connectivity index (χ0) is 13.6. The fourth-order valence-corrected chi connectivity index (χ4v) is 1.99. The van der Waals surface area contributed by atoms with Gasteiger partial charge in [-0.3, -0.25) is 9.36 Å². The molecule has 0 radical (unpaired) electrons. The number of aliphatic hydroxyl groups is 2. The first kappa shape index (κ1) is 16.2. The molecular formula is C8H16NO7P. The maximum atomic E-state index is 10.8. The van der Waals surface area contributed by atoms with Crippen LogP contribution in [0.3, 0.4) is 0 Å². The van der Waals surface area contributed by atoms with Crippen LogP contribution in [0.15, 0.2) is 11.6 Å². The van der Waals surface area contributed by atoms with Crippen molar-refractivity contribution in [3.63, 3.8) is 0 Å². The van der Waals surface area contributed by atoms with Crippen LogP contribution in [-0.2, 0) is 9.36 Å². The van der Waals surface area contributed by atoms with Gasteiger partial charge >= 0.3 is 13.6 Å². The van der Waals surface area contributed by atoms with E-state index in [1.165, 1.54) is 0 Å². The van der Waals surface area contributed by atoms with E-state index in [2.05, 4.69) is 0 Å². The average Bonchev–Trinajstić information content (AvgIpc) is 2.16. The Morgan fingerprint density at radius 2 is 1.76 bits per heavy atom. The minimum Gasteiger partial charge on any atom is -0.480 e.